The molecule has 0 saturated carbocycles. The molecule has 0 bridgehead atoms. The zero-order valence-electron chi connectivity index (χ0n) is 16.9. The van der Waals surface area contributed by atoms with Gasteiger partial charge in [-0.1, -0.05) is 54.1 Å². The first-order valence-corrected chi connectivity index (χ1v) is 10.5. The van der Waals surface area contributed by atoms with Gasteiger partial charge in [-0.05, 0) is 54.3 Å². The number of carbonyl (C=O) groups excluding carboxylic acids is 2. The highest BCUT2D eigenvalue weighted by Crippen LogP contribution is 2.27. The summed E-state index contributed by atoms with van der Waals surface area (Å²) in [4.78, 5) is 27.1. The molecule has 5 nitrogen and oxygen atoms in total. The van der Waals surface area contributed by atoms with Gasteiger partial charge in [0.2, 0.25) is 0 Å². The predicted molar refractivity (Wildman–Crippen MR) is 120 cm³/mol. The molecule has 1 heterocycles. The molecule has 0 spiro atoms. The largest absolute Gasteiger partial charge is 0.488 e. The summed E-state index contributed by atoms with van der Waals surface area (Å²) in [5.41, 5.74) is 3.23. The number of ether oxygens (including phenoxy) is 2. The van der Waals surface area contributed by atoms with Gasteiger partial charge in [-0.3, -0.25) is 4.79 Å². The van der Waals surface area contributed by atoms with Crippen LogP contribution >= 0.6 is 11.6 Å². The molecule has 1 amide bonds. The molecule has 0 aromatic heterocycles. The Morgan fingerprint density at radius 3 is 2.52 bits per heavy atom. The van der Waals surface area contributed by atoms with E-state index in [-0.39, 0.29) is 24.7 Å². The van der Waals surface area contributed by atoms with Crippen LogP contribution in [-0.2, 0) is 22.6 Å². The number of hydrogen-bond acceptors (Lipinski definition) is 4. The summed E-state index contributed by atoms with van der Waals surface area (Å²) in [6.07, 6.45) is 1.83. The molecule has 0 saturated heterocycles. The van der Waals surface area contributed by atoms with Crippen LogP contribution in [0, 0.1) is 0 Å². The Labute approximate surface area is 186 Å². The van der Waals surface area contributed by atoms with Gasteiger partial charge in [-0.15, -0.1) is 0 Å². The van der Waals surface area contributed by atoms with Crippen LogP contribution in [0.5, 0.6) is 5.75 Å². The lowest BCUT2D eigenvalue weighted by Gasteiger charge is -2.29. The van der Waals surface area contributed by atoms with Crippen molar-refractivity contribution in [2.24, 2.45) is 0 Å². The number of carbonyl (C=O) groups is 2. The molecular weight excluding hydrogens is 414 g/mol. The zero-order valence-corrected chi connectivity index (χ0v) is 17.7. The van der Waals surface area contributed by atoms with Crippen molar-refractivity contribution >= 4 is 29.2 Å². The molecule has 0 unspecified atom stereocenters. The molecule has 31 heavy (non-hydrogen) atoms. The molecule has 1 aliphatic heterocycles. The van der Waals surface area contributed by atoms with Gasteiger partial charge in [0.05, 0.1) is 0 Å². The lowest BCUT2D eigenvalue weighted by Crippen LogP contribution is -2.38. The smallest absolute Gasteiger partial charge is 0.342 e. The highest BCUT2D eigenvalue weighted by atomic mass is 35.5. The van der Waals surface area contributed by atoms with E-state index in [1.54, 1.807) is 41.3 Å². The van der Waals surface area contributed by atoms with Gasteiger partial charge < -0.3 is 14.4 Å². The monoisotopic (exact) mass is 435 g/mol. The third-order valence-corrected chi connectivity index (χ3v) is 5.40. The van der Waals surface area contributed by atoms with Crippen molar-refractivity contribution in [1.29, 1.82) is 0 Å². The number of hydrogen-bond donors (Lipinski definition) is 0. The summed E-state index contributed by atoms with van der Waals surface area (Å²) in [6, 6.07) is 21.9. The minimum absolute atomic E-state index is 0.236. The summed E-state index contributed by atoms with van der Waals surface area (Å²) in [6.45, 7) is 0.581. The van der Waals surface area contributed by atoms with Gasteiger partial charge in [0.15, 0.2) is 6.61 Å². The quantitative estimate of drug-likeness (QED) is 0.508. The van der Waals surface area contributed by atoms with Gasteiger partial charge in [0.25, 0.3) is 5.91 Å². The van der Waals surface area contributed by atoms with Gasteiger partial charge in [0.1, 0.15) is 17.9 Å². The number of rotatable bonds is 6. The van der Waals surface area contributed by atoms with Crippen molar-refractivity contribution < 1.29 is 19.1 Å². The van der Waals surface area contributed by atoms with Gasteiger partial charge in [0, 0.05) is 17.3 Å². The normalized spacial score (nSPS) is 12.7. The van der Waals surface area contributed by atoms with Crippen LogP contribution in [0.2, 0.25) is 5.02 Å². The summed E-state index contributed by atoms with van der Waals surface area (Å²) in [5, 5.41) is 0.647. The number of fused-ring (bicyclic) bond motifs is 1. The van der Waals surface area contributed by atoms with Gasteiger partial charge in [-0.2, -0.15) is 0 Å². The second-order valence-corrected chi connectivity index (χ2v) is 7.70. The van der Waals surface area contributed by atoms with Crippen LogP contribution in [-0.4, -0.2) is 25.0 Å². The Kier molecular flexibility index (Phi) is 6.53. The van der Waals surface area contributed by atoms with Crippen LogP contribution in [0.25, 0.3) is 0 Å². The second-order valence-electron chi connectivity index (χ2n) is 7.27. The van der Waals surface area contributed by atoms with Crippen LogP contribution in [0.15, 0.2) is 72.8 Å². The Balaban J connectivity index is 1.39. The first-order valence-electron chi connectivity index (χ1n) is 10.1. The van der Waals surface area contributed by atoms with E-state index in [1.165, 1.54) is 0 Å². The molecule has 0 atom stereocenters. The molecule has 0 radical (unpaired) electrons. The Hall–Kier alpha value is -3.31. The highest BCUT2D eigenvalue weighted by molar-refractivity contribution is 6.30. The minimum Gasteiger partial charge on any atom is -0.488 e. The number of anilines is 1. The van der Waals surface area contributed by atoms with E-state index in [0.717, 1.165) is 29.7 Å². The molecule has 0 aliphatic carbocycles. The molecule has 1 aliphatic rings. The van der Waals surface area contributed by atoms with E-state index < -0.39 is 5.97 Å². The third-order valence-electron chi connectivity index (χ3n) is 5.15. The number of esters is 1. The van der Waals surface area contributed by atoms with Crippen molar-refractivity contribution in [2.45, 2.75) is 19.4 Å². The minimum atomic E-state index is -0.592. The summed E-state index contributed by atoms with van der Waals surface area (Å²) < 4.78 is 11.2. The number of para-hydroxylation sites is 2. The molecule has 4 rings (SSSR count). The van der Waals surface area contributed by atoms with E-state index in [1.807, 2.05) is 36.4 Å². The molecular formula is C25H22ClNO4. The van der Waals surface area contributed by atoms with Crippen molar-refractivity contribution in [2.75, 3.05) is 18.1 Å². The average molecular weight is 436 g/mol. The lowest BCUT2D eigenvalue weighted by molar-refractivity contribution is -0.121. The molecule has 6 heteroatoms. The van der Waals surface area contributed by atoms with E-state index in [2.05, 4.69) is 0 Å². The van der Waals surface area contributed by atoms with Crippen LogP contribution in [0.3, 0.4) is 0 Å². The van der Waals surface area contributed by atoms with E-state index in [0.29, 0.717) is 17.3 Å². The van der Waals surface area contributed by atoms with Crippen LogP contribution in [0.4, 0.5) is 5.69 Å². The fraction of sp³-hybridized carbons (Fsp3) is 0.200. The van der Waals surface area contributed by atoms with Crippen molar-refractivity contribution in [3.63, 3.8) is 0 Å². The molecule has 3 aromatic rings. The maximum atomic E-state index is 12.7. The average Bonchev–Trinajstić information content (AvgIpc) is 2.82. The lowest BCUT2D eigenvalue weighted by atomic mass is 10.0. The predicted octanol–water partition coefficient (Wildman–Crippen LogP) is 5.06. The standard InChI is InChI=1S/C25H22ClNO4/c26-20-13-11-18(12-14-20)16-30-23-10-4-2-8-21(23)25(29)31-17-24(28)27-15-5-7-19-6-1-3-9-22(19)27/h1-4,6,8-14H,5,7,15-17H2. The van der Waals surface area contributed by atoms with E-state index in [9.17, 15) is 9.59 Å². The Morgan fingerprint density at radius 1 is 0.935 bits per heavy atom. The van der Waals surface area contributed by atoms with Gasteiger partial charge in [-0.25, -0.2) is 4.79 Å². The maximum absolute atomic E-state index is 12.7. The van der Waals surface area contributed by atoms with Crippen molar-refractivity contribution in [1.82, 2.24) is 0 Å². The first-order chi connectivity index (χ1) is 15.1. The fourth-order valence-electron chi connectivity index (χ4n) is 3.58. The number of amides is 1. The SMILES string of the molecule is O=C(OCC(=O)N1CCCc2ccccc21)c1ccccc1OCc1ccc(Cl)cc1. The Bertz CT molecular complexity index is 1080. The molecule has 158 valence electrons. The fourth-order valence-corrected chi connectivity index (χ4v) is 3.70. The highest BCUT2D eigenvalue weighted by Gasteiger charge is 2.24. The maximum Gasteiger partial charge on any atom is 0.342 e. The second kappa shape index (κ2) is 9.67. The number of benzene rings is 3. The van der Waals surface area contributed by atoms with Crippen LogP contribution < -0.4 is 9.64 Å². The first kappa shape index (κ1) is 20.9. The Morgan fingerprint density at radius 2 is 1.68 bits per heavy atom. The van der Waals surface area contributed by atoms with Crippen molar-refractivity contribution in [3.05, 3.63) is 94.5 Å². The summed E-state index contributed by atoms with van der Waals surface area (Å²) >= 11 is 5.91. The molecule has 3 aromatic carbocycles. The number of halogens is 1. The summed E-state index contributed by atoms with van der Waals surface area (Å²) in [7, 11) is 0. The zero-order chi connectivity index (χ0) is 21.6. The number of nitrogens with zero attached hydrogens (tertiary/aromatic N) is 1. The van der Waals surface area contributed by atoms with Gasteiger partial charge >= 0.3 is 5.97 Å². The topological polar surface area (TPSA) is 55.8 Å². The number of aryl methyl sites for hydroxylation is 1. The van der Waals surface area contributed by atoms with E-state index in [4.69, 9.17) is 21.1 Å². The molecule has 0 fully saturated rings. The van der Waals surface area contributed by atoms with E-state index >= 15 is 0 Å². The summed E-state index contributed by atoms with van der Waals surface area (Å²) in [5.74, 6) is -0.427. The van der Waals surface area contributed by atoms with Crippen molar-refractivity contribution in [3.8, 4) is 5.75 Å². The third kappa shape index (κ3) is 5.06. The molecule has 0 N–H and O–H groups in total. The van der Waals surface area contributed by atoms with Crippen LogP contribution in [0.1, 0.15) is 27.9 Å².